The molecule has 2 unspecified atom stereocenters. The van der Waals surface area contributed by atoms with E-state index in [-0.39, 0.29) is 11.3 Å². The first-order chi connectivity index (χ1) is 23.9. The number of ether oxygens (including phenoxy) is 1. The van der Waals surface area contributed by atoms with Crippen LogP contribution in [-0.4, -0.2) is 30.1 Å². The molecular weight excluding hydrogens is 640 g/mol. The van der Waals surface area contributed by atoms with Gasteiger partial charge in [-0.1, -0.05) is 103 Å². The van der Waals surface area contributed by atoms with Crippen LogP contribution < -0.4 is 10.0 Å². The van der Waals surface area contributed by atoms with Gasteiger partial charge in [0.05, 0.1) is 22.4 Å². The number of nitrogens with zero attached hydrogens (tertiary/aromatic N) is 2. The van der Waals surface area contributed by atoms with Crippen molar-refractivity contribution in [1.82, 2.24) is 0 Å². The standard InChI is InChI=1S/C43H33N2O2PS/c1-48(2,46)28-22-19-26(20-23-28)42-44-39(41-40(45-42)31-13-5-10-18-38(31)49-41)27-21-24-37-35(25-27)43(34-16-8-9-17-36(34)47-37)32-14-6-3-11-29(32)30-12-4-7-15-33(30)43/h3-7,10-25,39,41H,8-9H2,1-2H3. The summed E-state index contributed by atoms with van der Waals surface area (Å²) in [5, 5.41) is 0.900. The molecule has 2 aliphatic carbocycles. The van der Waals surface area contributed by atoms with Crippen molar-refractivity contribution in [2.75, 3.05) is 13.3 Å². The highest BCUT2D eigenvalue weighted by molar-refractivity contribution is 8.01. The summed E-state index contributed by atoms with van der Waals surface area (Å²) in [6, 6.07) is 40.9. The largest absolute Gasteiger partial charge is 0.457 e. The minimum atomic E-state index is -2.38. The van der Waals surface area contributed by atoms with Crippen LogP contribution in [0.2, 0.25) is 0 Å². The van der Waals surface area contributed by atoms with Crippen molar-refractivity contribution in [2.24, 2.45) is 9.98 Å². The van der Waals surface area contributed by atoms with Gasteiger partial charge in [0.15, 0.2) is 5.84 Å². The summed E-state index contributed by atoms with van der Waals surface area (Å²) in [7, 11) is -2.38. The molecule has 1 spiro atoms. The van der Waals surface area contributed by atoms with Gasteiger partial charge in [-0.3, -0.25) is 4.99 Å². The minimum Gasteiger partial charge on any atom is -0.457 e. The summed E-state index contributed by atoms with van der Waals surface area (Å²) in [6.07, 6.45) is 6.64. The van der Waals surface area contributed by atoms with Crippen molar-refractivity contribution in [3.05, 3.63) is 172 Å². The zero-order valence-corrected chi connectivity index (χ0v) is 29.0. The Morgan fingerprint density at radius 1 is 0.755 bits per heavy atom. The van der Waals surface area contributed by atoms with Crippen LogP contribution in [0.5, 0.6) is 5.75 Å². The highest BCUT2D eigenvalue weighted by atomic mass is 32.2. The second kappa shape index (κ2) is 10.6. The fourth-order valence-electron chi connectivity index (χ4n) is 8.44. The summed E-state index contributed by atoms with van der Waals surface area (Å²) in [4.78, 5) is 11.9. The van der Waals surface area contributed by atoms with Gasteiger partial charge in [0.2, 0.25) is 0 Å². The summed E-state index contributed by atoms with van der Waals surface area (Å²) < 4.78 is 19.6. The first-order valence-electron chi connectivity index (χ1n) is 16.9. The number of thioether (sulfide) groups is 1. The summed E-state index contributed by atoms with van der Waals surface area (Å²) in [5.41, 5.74) is 11.4. The molecule has 3 aliphatic heterocycles. The lowest BCUT2D eigenvalue weighted by Crippen LogP contribution is -2.36. The first kappa shape index (κ1) is 29.2. The summed E-state index contributed by atoms with van der Waals surface area (Å²) >= 11 is 1.86. The van der Waals surface area contributed by atoms with E-state index in [1.165, 1.54) is 43.8 Å². The average Bonchev–Trinajstić information content (AvgIpc) is 3.65. The van der Waals surface area contributed by atoms with Crippen LogP contribution in [0.3, 0.4) is 0 Å². The van der Waals surface area contributed by atoms with E-state index in [4.69, 9.17) is 14.7 Å². The van der Waals surface area contributed by atoms with Crippen LogP contribution in [0.1, 0.15) is 52.3 Å². The van der Waals surface area contributed by atoms with Crippen molar-refractivity contribution in [3.8, 4) is 16.9 Å². The van der Waals surface area contributed by atoms with Gasteiger partial charge in [-0.05, 0) is 78.3 Å². The molecule has 0 N–H and O–H groups in total. The number of amidine groups is 1. The Labute approximate surface area is 290 Å². The van der Waals surface area contributed by atoms with Gasteiger partial charge >= 0.3 is 0 Å². The van der Waals surface area contributed by atoms with Gasteiger partial charge in [-0.2, -0.15) is 0 Å². The number of fused-ring (bicyclic) bond motifs is 12. The molecule has 3 heterocycles. The van der Waals surface area contributed by atoms with Gasteiger partial charge in [-0.25, -0.2) is 4.99 Å². The van der Waals surface area contributed by atoms with E-state index in [0.717, 1.165) is 46.5 Å². The predicted octanol–water partition coefficient (Wildman–Crippen LogP) is 9.71. The van der Waals surface area contributed by atoms with E-state index < -0.39 is 12.6 Å². The highest BCUT2D eigenvalue weighted by Crippen LogP contribution is 2.62. The average molecular weight is 673 g/mol. The number of aliphatic imine (C=N–C) groups is 2. The molecule has 5 aliphatic rings. The lowest BCUT2D eigenvalue weighted by molar-refractivity contribution is 0.383. The van der Waals surface area contributed by atoms with Crippen LogP contribution >= 0.6 is 18.9 Å². The maximum absolute atomic E-state index is 12.8. The molecule has 4 nitrogen and oxygen atoms in total. The van der Waals surface area contributed by atoms with E-state index in [1.807, 2.05) is 49.4 Å². The van der Waals surface area contributed by atoms with E-state index >= 15 is 0 Å². The Kier molecular flexibility index (Phi) is 6.35. The van der Waals surface area contributed by atoms with Crippen LogP contribution in [-0.2, 0) is 9.98 Å². The molecule has 49 heavy (non-hydrogen) atoms. The maximum Gasteiger partial charge on any atom is 0.155 e. The molecule has 0 fully saturated rings. The Hall–Kier alpha value is -4.70. The molecule has 6 heteroatoms. The normalized spacial score (nSPS) is 20.7. The lowest BCUT2D eigenvalue weighted by atomic mass is 9.64. The van der Waals surface area contributed by atoms with E-state index in [2.05, 4.69) is 103 Å². The maximum atomic E-state index is 12.8. The molecule has 10 rings (SSSR count). The molecule has 0 amide bonds. The van der Waals surface area contributed by atoms with E-state index in [0.29, 0.717) is 5.84 Å². The molecule has 5 aromatic rings. The Morgan fingerprint density at radius 3 is 2.16 bits per heavy atom. The first-order valence-corrected chi connectivity index (χ1v) is 20.4. The van der Waals surface area contributed by atoms with Crippen molar-refractivity contribution < 1.29 is 9.30 Å². The fourth-order valence-corrected chi connectivity index (χ4v) is 10.7. The molecule has 0 bridgehead atoms. The Bertz CT molecular complexity index is 2370. The molecular formula is C43H33N2O2PS. The van der Waals surface area contributed by atoms with Crippen LogP contribution in [0, 0.1) is 0 Å². The SMILES string of the molecule is CP(C)(=O)c1ccc(C2=NC(c3ccc4c(c3)C3(C5=CCCC=C5O4)c4ccccc4-c4ccccc43)C3Sc4ccccc4C3=N2)cc1. The van der Waals surface area contributed by atoms with Gasteiger partial charge in [-0.15, -0.1) is 11.8 Å². The van der Waals surface area contributed by atoms with Gasteiger partial charge in [0, 0.05) is 32.5 Å². The second-order valence-corrected chi connectivity index (χ2v) is 18.2. The molecule has 0 aromatic heterocycles. The van der Waals surface area contributed by atoms with Crippen LogP contribution in [0.4, 0.5) is 0 Å². The monoisotopic (exact) mass is 672 g/mol. The third-order valence-electron chi connectivity index (χ3n) is 10.6. The van der Waals surface area contributed by atoms with Gasteiger partial charge < -0.3 is 9.30 Å². The van der Waals surface area contributed by atoms with Crippen molar-refractivity contribution >= 4 is 35.8 Å². The predicted molar refractivity (Wildman–Crippen MR) is 202 cm³/mol. The Morgan fingerprint density at radius 2 is 1.43 bits per heavy atom. The number of hydrogen-bond acceptors (Lipinski definition) is 5. The van der Waals surface area contributed by atoms with E-state index in [9.17, 15) is 4.57 Å². The zero-order valence-electron chi connectivity index (χ0n) is 27.3. The van der Waals surface area contributed by atoms with Gasteiger partial charge in [0.1, 0.15) is 18.7 Å². The van der Waals surface area contributed by atoms with Crippen molar-refractivity contribution in [2.45, 2.75) is 34.4 Å². The highest BCUT2D eigenvalue weighted by Gasteiger charge is 2.53. The van der Waals surface area contributed by atoms with Gasteiger partial charge in [0.25, 0.3) is 0 Å². The number of hydrogen-bond donors (Lipinski definition) is 0. The fraction of sp³-hybridized carbons (Fsp3) is 0.163. The molecule has 0 saturated carbocycles. The molecule has 0 saturated heterocycles. The summed E-state index contributed by atoms with van der Waals surface area (Å²) in [5.74, 6) is 2.58. The van der Waals surface area contributed by atoms with Crippen molar-refractivity contribution in [3.63, 3.8) is 0 Å². The smallest absolute Gasteiger partial charge is 0.155 e. The Balaban J connectivity index is 1.19. The summed E-state index contributed by atoms with van der Waals surface area (Å²) in [6.45, 7) is 3.62. The third kappa shape index (κ3) is 4.22. The number of rotatable bonds is 3. The number of allylic oxidation sites excluding steroid dienone is 3. The molecule has 2 atom stereocenters. The second-order valence-electron chi connectivity index (χ2n) is 13.8. The molecule has 238 valence electrons. The van der Waals surface area contributed by atoms with Crippen LogP contribution in [0.25, 0.3) is 11.1 Å². The minimum absolute atomic E-state index is 0.0398. The van der Waals surface area contributed by atoms with E-state index in [1.54, 1.807) is 0 Å². The molecule has 0 radical (unpaired) electrons. The van der Waals surface area contributed by atoms with Crippen molar-refractivity contribution in [1.29, 1.82) is 0 Å². The molecule has 5 aromatic carbocycles. The van der Waals surface area contributed by atoms with Crippen LogP contribution in [0.15, 0.2) is 154 Å². The quantitative estimate of drug-likeness (QED) is 0.179. The third-order valence-corrected chi connectivity index (χ3v) is 13.5. The zero-order chi connectivity index (χ0) is 32.9. The topological polar surface area (TPSA) is 51.0 Å². The number of benzene rings is 5. The lowest BCUT2D eigenvalue weighted by Gasteiger charge is -2.42.